The second-order valence-corrected chi connectivity index (χ2v) is 3.13. The molecule has 80 valence electrons. The summed E-state index contributed by atoms with van der Waals surface area (Å²) >= 11 is 0. The van der Waals surface area contributed by atoms with Gasteiger partial charge in [0.25, 0.3) is 0 Å². The van der Waals surface area contributed by atoms with E-state index < -0.39 is 5.97 Å². The molecular weight excluding hydrogens is 192 g/mol. The lowest BCUT2D eigenvalue weighted by molar-refractivity contribution is -0.132. The molecule has 0 spiro atoms. The van der Waals surface area contributed by atoms with Crippen LogP contribution in [0.5, 0.6) is 0 Å². The van der Waals surface area contributed by atoms with Crippen molar-refractivity contribution in [3.63, 3.8) is 0 Å². The normalized spacial score (nSPS) is 11.9. The van der Waals surface area contributed by atoms with Crippen LogP contribution in [0.15, 0.2) is 35.8 Å². The van der Waals surface area contributed by atoms with Gasteiger partial charge in [0.1, 0.15) is 0 Å². The summed E-state index contributed by atoms with van der Waals surface area (Å²) in [6, 6.07) is 3.63. The van der Waals surface area contributed by atoms with Gasteiger partial charge < -0.3 is 10.4 Å². The predicted molar refractivity (Wildman–Crippen MR) is 58.5 cm³/mol. The van der Waals surface area contributed by atoms with E-state index in [1.165, 1.54) is 0 Å². The summed E-state index contributed by atoms with van der Waals surface area (Å²) < 4.78 is 0. The van der Waals surface area contributed by atoms with Gasteiger partial charge in [-0.1, -0.05) is 6.92 Å². The third-order valence-corrected chi connectivity index (χ3v) is 2.06. The van der Waals surface area contributed by atoms with Gasteiger partial charge in [-0.05, 0) is 25.5 Å². The van der Waals surface area contributed by atoms with Gasteiger partial charge in [-0.15, -0.1) is 0 Å². The molecule has 0 saturated carbocycles. The first-order chi connectivity index (χ1) is 7.15. The molecule has 0 saturated heterocycles. The molecule has 0 fully saturated rings. The molecule has 1 rings (SSSR count). The second-order valence-electron chi connectivity index (χ2n) is 3.13. The number of carboxylic acid groups (broad SMARTS) is 1. The van der Waals surface area contributed by atoms with E-state index in [1.807, 2.05) is 13.0 Å². The number of aromatic nitrogens is 1. The van der Waals surface area contributed by atoms with Crippen molar-refractivity contribution in [1.29, 1.82) is 0 Å². The Balaban J connectivity index is 2.86. The van der Waals surface area contributed by atoms with Crippen molar-refractivity contribution >= 4 is 11.7 Å². The summed E-state index contributed by atoms with van der Waals surface area (Å²) in [5, 5.41) is 11.9. The minimum atomic E-state index is -0.883. The van der Waals surface area contributed by atoms with E-state index in [0.29, 0.717) is 17.7 Å². The maximum Gasteiger partial charge on any atom is 0.333 e. The predicted octanol–water partition coefficient (Wildman–Crippen LogP) is 2.26. The first-order valence-electron chi connectivity index (χ1n) is 4.75. The number of pyridine rings is 1. The van der Waals surface area contributed by atoms with E-state index in [1.54, 1.807) is 25.4 Å². The van der Waals surface area contributed by atoms with Crippen LogP contribution in [0.2, 0.25) is 0 Å². The van der Waals surface area contributed by atoms with Crippen molar-refractivity contribution in [3.05, 3.63) is 35.8 Å². The highest BCUT2D eigenvalue weighted by Crippen LogP contribution is 2.12. The molecular formula is C11H14N2O2. The topological polar surface area (TPSA) is 62.2 Å². The molecule has 0 radical (unpaired) electrons. The molecule has 0 bridgehead atoms. The van der Waals surface area contributed by atoms with Gasteiger partial charge in [0.05, 0.1) is 17.5 Å². The molecule has 15 heavy (non-hydrogen) atoms. The minimum absolute atomic E-state index is 0.388. The first-order valence-corrected chi connectivity index (χ1v) is 4.75. The van der Waals surface area contributed by atoms with Gasteiger partial charge in [0.2, 0.25) is 0 Å². The molecule has 0 aliphatic carbocycles. The van der Waals surface area contributed by atoms with Gasteiger partial charge in [-0.25, -0.2) is 4.79 Å². The third kappa shape index (κ3) is 3.09. The SMILES string of the molecule is CCC(C(=O)O)=C(C)Nc1cccnc1. The van der Waals surface area contributed by atoms with Crippen molar-refractivity contribution in [3.8, 4) is 0 Å². The zero-order chi connectivity index (χ0) is 11.3. The van der Waals surface area contributed by atoms with Gasteiger partial charge in [0.15, 0.2) is 0 Å². The lowest BCUT2D eigenvalue weighted by Crippen LogP contribution is -2.08. The van der Waals surface area contributed by atoms with E-state index in [-0.39, 0.29) is 0 Å². The Labute approximate surface area is 88.7 Å². The van der Waals surface area contributed by atoms with Crippen LogP contribution in [0.4, 0.5) is 5.69 Å². The molecule has 1 aromatic rings. The van der Waals surface area contributed by atoms with Gasteiger partial charge in [-0.3, -0.25) is 4.98 Å². The number of nitrogens with zero attached hydrogens (tertiary/aromatic N) is 1. The Morgan fingerprint density at radius 1 is 1.60 bits per heavy atom. The van der Waals surface area contributed by atoms with Crippen LogP contribution < -0.4 is 5.32 Å². The molecule has 4 heteroatoms. The fraction of sp³-hybridized carbons (Fsp3) is 0.273. The molecule has 0 unspecified atom stereocenters. The van der Waals surface area contributed by atoms with E-state index in [2.05, 4.69) is 10.3 Å². The van der Waals surface area contributed by atoms with Gasteiger partial charge in [0, 0.05) is 11.9 Å². The first kappa shape index (κ1) is 11.2. The zero-order valence-electron chi connectivity index (χ0n) is 8.82. The minimum Gasteiger partial charge on any atom is -0.478 e. The van der Waals surface area contributed by atoms with E-state index >= 15 is 0 Å². The lowest BCUT2D eigenvalue weighted by Gasteiger charge is -2.09. The van der Waals surface area contributed by atoms with Crippen molar-refractivity contribution in [2.24, 2.45) is 0 Å². The Morgan fingerprint density at radius 3 is 2.80 bits per heavy atom. The van der Waals surface area contributed by atoms with Crippen LogP contribution in [0.1, 0.15) is 20.3 Å². The second kappa shape index (κ2) is 5.14. The number of carbonyl (C=O) groups is 1. The van der Waals surface area contributed by atoms with Crippen LogP contribution in [0, 0.1) is 0 Å². The molecule has 0 aliphatic rings. The molecule has 0 amide bonds. The van der Waals surface area contributed by atoms with Crippen LogP contribution >= 0.6 is 0 Å². The van der Waals surface area contributed by atoms with E-state index in [4.69, 9.17) is 5.11 Å². The maximum atomic E-state index is 10.8. The van der Waals surface area contributed by atoms with Gasteiger partial charge >= 0.3 is 5.97 Å². The highest BCUT2D eigenvalue weighted by atomic mass is 16.4. The number of allylic oxidation sites excluding steroid dienone is 1. The standard InChI is InChI=1S/C11H14N2O2/c1-3-10(11(14)15)8(2)13-9-5-4-6-12-7-9/h4-7,13H,3H2,1-2H3,(H,14,15). The monoisotopic (exact) mass is 206 g/mol. The largest absolute Gasteiger partial charge is 0.478 e. The Morgan fingerprint density at radius 2 is 2.33 bits per heavy atom. The molecule has 2 N–H and O–H groups in total. The summed E-state index contributed by atoms with van der Waals surface area (Å²) in [5.41, 5.74) is 1.83. The molecule has 1 heterocycles. The number of hydrogen-bond donors (Lipinski definition) is 2. The van der Waals surface area contributed by atoms with Crippen LogP contribution in [0.3, 0.4) is 0 Å². The van der Waals surface area contributed by atoms with Crippen LogP contribution in [-0.2, 0) is 4.79 Å². The average Bonchev–Trinajstić information content (AvgIpc) is 2.19. The van der Waals surface area contributed by atoms with Crippen molar-refractivity contribution < 1.29 is 9.90 Å². The number of anilines is 1. The third-order valence-electron chi connectivity index (χ3n) is 2.06. The number of rotatable bonds is 4. The highest BCUT2D eigenvalue weighted by Gasteiger charge is 2.08. The smallest absolute Gasteiger partial charge is 0.333 e. The molecule has 0 aliphatic heterocycles. The maximum absolute atomic E-state index is 10.8. The van der Waals surface area contributed by atoms with Crippen molar-refractivity contribution in [2.45, 2.75) is 20.3 Å². The Bertz CT molecular complexity index is 371. The number of carboxylic acids is 1. The quantitative estimate of drug-likeness (QED) is 0.742. The van der Waals surface area contributed by atoms with Crippen molar-refractivity contribution in [2.75, 3.05) is 5.32 Å². The summed E-state index contributed by atoms with van der Waals surface area (Å²) in [6.07, 6.45) is 3.81. The fourth-order valence-corrected chi connectivity index (χ4v) is 1.31. The summed E-state index contributed by atoms with van der Waals surface area (Å²) in [6.45, 7) is 3.57. The van der Waals surface area contributed by atoms with Crippen molar-refractivity contribution in [1.82, 2.24) is 4.98 Å². The van der Waals surface area contributed by atoms with Gasteiger partial charge in [-0.2, -0.15) is 0 Å². The number of nitrogens with one attached hydrogen (secondary N) is 1. The van der Waals surface area contributed by atoms with Crippen LogP contribution in [0.25, 0.3) is 0 Å². The Kier molecular flexibility index (Phi) is 3.85. The summed E-state index contributed by atoms with van der Waals surface area (Å²) in [4.78, 5) is 14.8. The molecule has 1 aromatic heterocycles. The Hall–Kier alpha value is -1.84. The summed E-state index contributed by atoms with van der Waals surface area (Å²) in [5.74, 6) is -0.883. The van der Waals surface area contributed by atoms with Crippen LogP contribution in [-0.4, -0.2) is 16.1 Å². The summed E-state index contributed by atoms with van der Waals surface area (Å²) in [7, 11) is 0. The van der Waals surface area contributed by atoms with E-state index in [9.17, 15) is 4.79 Å². The zero-order valence-corrected chi connectivity index (χ0v) is 8.82. The number of hydrogen-bond acceptors (Lipinski definition) is 3. The average molecular weight is 206 g/mol. The number of aliphatic carboxylic acids is 1. The molecule has 4 nitrogen and oxygen atoms in total. The fourth-order valence-electron chi connectivity index (χ4n) is 1.31. The highest BCUT2D eigenvalue weighted by molar-refractivity contribution is 5.88. The molecule has 0 aromatic carbocycles. The lowest BCUT2D eigenvalue weighted by atomic mass is 10.1. The van der Waals surface area contributed by atoms with E-state index in [0.717, 1.165) is 5.69 Å². The molecule has 0 atom stereocenters.